The van der Waals surface area contributed by atoms with Crippen LogP contribution in [0.5, 0.6) is 0 Å². The van der Waals surface area contributed by atoms with Crippen LogP contribution in [-0.4, -0.2) is 81.8 Å². The minimum absolute atomic E-state index is 0.613. The molecular formula is C21H47NO6Si2. The molecule has 0 fully saturated rings. The van der Waals surface area contributed by atoms with Gasteiger partial charge in [0.15, 0.2) is 0 Å². The Hall–Kier alpha value is -0.106. The summed E-state index contributed by atoms with van der Waals surface area (Å²) in [7, 11) is -5.17. The van der Waals surface area contributed by atoms with Crippen LogP contribution in [0.4, 0.5) is 0 Å². The van der Waals surface area contributed by atoms with Gasteiger partial charge in [-0.05, 0) is 67.5 Å². The monoisotopic (exact) mass is 465 g/mol. The molecule has 0 unspecified atom stereocenters. The third-order valence-electron chi connectivity index (χ3n) is 4.49. The highest BCUT2D eigenvalue weighted by atomic mass is 28.4. The highest BCUT2D eigenvalue weighted by molar-refractivity contribution is 6.61. The van der Waals surface area contributed by atoms with Crippen LogP contribution in [-0.2, 0) is 26.6 Å². The van der Waals surface area contributed by atoms with Gasteiger partial charge in [0.25, 0.3) is 0 Å². The standard InChI is InChI=1S/C21H47NO6Si2/c1-8-17-22(18-15-20-29(23-9-2,24-10-3)25-11-4)19-16-21-30(26-12-5,27-13-6)28-14-7/h8H,1,9-21H2,2-7H3. The maximum Gasteiger partial charge on any atom is 0.500 e. The molecule has 0 aromatic carbocycles. The van der Waals surface area contributed by atoms with Crippen molar-refractivity contribution in [2.24, 2.45) is 0 Å². The van der Waals surface area contributed by atoms with Crippen LogP contribution in [0.1, 0.15) is 54.4 Å². The van der Waals surface area contributed by atoms with Gasteiger partial charge in [0, 0.05) is 58.3 Å². The molecule has 0 aliphatic heterocycles. The predicted molar refractivity (Wildman–Crippen MR) is 127 cm³/mol. The lowest BCUT2D eigenvalue weighted by Gasteiger charge is -2.30. The van der Waals surface area contributed by atoms with Crippen LogP contribution in [0.3, 0.4) is 0 Å². The van der Waals surface area contributed by atoms with Crippen molar-refractivity contribution in [3.8, 4) is 0 Å². The molecule has 30 heavy (non-hydrogen) atoms. The summed E-state index contributed by atoms with van der Waals surface area (Å²) in [6.07, 6.45) is 3.88. The van der Waals surface area contributed by atoms with Crippen molar-refractivity contribution in [1.29, 1.82) is 0 Å². The number of rotatable bonds is 22. The van der Waals surface area contributed by atoms with Gasteiger partial charge in [-0.3, -0.25) is 4.90 Å². The number of hydrogen-bond donors (Lipinski definition) is 0. The van der Waals surface area contributed by atoms with Gasteiger partial charge >= 0.3 is 17.6 Å². The summed E-state index contributed by atoms with van der Waals surface area (Å²) in [5, 5.41) is 0. The summed E-state index contributed by atoms with van der Waals surface area (Å²) in [5.41, 5.74) is 0. The molecule has 0 N–H and O–H groups in total. The molecule has 0 amide bonds. The van der Waals surface area contributed by atoms with Gasteiger partial charge in [0.05, 0.1) is 0 Å². The van der Waals surface area contributed by atoms with E-state index < -0.39 is 17.6 Å². The lowest BCUT2D eigenvalue weighted by atomic mass is 10.3. The Balaban J connectivity index is 4.78. The van der Waals surface area contributed by atoms with E-state index in [2.05, 4.69) is 11.5 Å². The van der Waals surface area contributed by atoms with Crippen molar-refractivity contribution in [2.75, 3.05) is 59.3 Å². The fourth-order valence-electron chi connectivity index (χ4n) is 3.52. The Kier molecular flexibility index (Phi) is 18.4. The van der Waals surface area contributed by atoms with Crippen molar-refractivity contribution in [1.82, 2.24) is 4.90 Å². The molecule has 0 atom stereocenters. The van der Waals surface area contributed by atoms with E-state index >= 15 is 0 Å². The van der Waals surface area contributed by atoms with E-state index in [4.69, 9.17) is 26.6 Å². The molecule has 9 heteroatoms. The van der Waals surface area contributed by atoms with Gasteiger partial charge in [-0.15, -0.1) is 6.58 Å². The molecule has 0 aromatic rings. The molecule has 0 aliphatic carbocycles. The van der Waals surface area contributed by atoms with Crippen LogP contribution in [0.25, 0.3) is 0 Å². The minimum atomic E-state index is -2.58. The summed E-state index contributed by atoms with van der Waals surface area (Å²) < 4.78 is 35.8. The Labute approximate surface area is 187 Å². The summed E-state index contributed by atoms with van der Waals surface area (Å²) in [5.74, 6) is 0. The number of hydrogen-bond acceptors (Lipinski definition) is 7. The lowest BCUT2D eigenvalue weighted by molar-refractivity contribution is 0.0695. The average molecular weight is 466 g/mol. The van der Waals surface area contributed by atoms with Gasteiger partial charge < -0.3 is 26.6 Å². The summed E-state index contributed by atoms with van der Waals surface area (Å²) in [4.78, 5) is 2.40. The SMILES string of the molecule is C=CCN(CCC[Si](OCC)(OCC)OCC)CCC[Si](OCC)(OCC)OCC. The average Bonchev–Trinajstić information content (AvgIpc) is 2.69. The number of nitrogens with zero attached hydrogens (tertiary/aromatic N) is 1. The molecule has 0 heterocycles. The van der Waals surface area contributed by atoms with Crippen molar-refractivity contribution >= 4 is 17.6 Å². The van der Waals surface area contributed by atoms with Crippen LogP contribution < -0.4 is 0 Å². The second kappa shape index (κ2) is 18.5. The molecule has 180 valence electrons. The largest absolute Gasteiger partial charge is 0.500 e. The highest BCUT2D eigenvalue weighted by Gasteiger charge is 2.41. The Morgan fingerprint density at radius 3 is 1.13 bits per heavy atom. The van der Waals surface area contributed by atoms with E-state index in [0.717, 1.165) is 44.6 Å². The maximum absolute atomic E-state index is 5.97. The van der Waals surface area contributed by atoms with Crippen molar-refractivity contribution in [3.63, 3.8) is 0 Å². The second-order valence-corrected chi connectivity index (χ2v) is 12.2. The molecule has 0 saturated heterocycles. The van der Waals surface area contributed by atoms with E-state index in [1.807, 2.05) is 47.6 Å². The first-order chi connectivity index (χ1) is 14.5. The van der Waals surface area contributed by atoms with E-state index in [1.165, 1.54) is 0 Å². The van der Waals surface area contributed by atoms with Crippen LogP contribution in [0.2, 0.25) is 12.1 Å². The van der Waals surface area contributed by atoms with Gasteiger partial charge in [0.1, 0.15) is 0 Å². The van der Waals surface area contributed by atoms with Crippen molar-refractivity contribution < 1.29 is 26.6 Å². The first kappa shape index (κ1) is 29.9. The van der Waals surface area contributed by atoms with Gasteiger partial charge in [-0.2, -0.15) is 0 Å². The van der Waals surface area contributed by atoms with Crippen LogP contribution in [0.15, 0.2) is 12.7 Å². The third-order valence-corrected chi connectivity index (χ3v) is 10.8. The normalized spacial score (nSPS) is 12.6. The van der Waals surface area contributed by atoms with Crippen LogP contribution >= 0.6 is 0 Å². The summed E-state index contributed by atoms with van der Waals surface area (Å²) in [6, 6.07) is 1.65. The molecule has 0 radical (unpaired) electrons. The molecule has 0 saturated carbocycles. The van der Waals surface area contributed by atoms with E-state index in [-0.39, 0.29) is 0 Å². The van der Waals surface area contributed by atoms with Crippen molar-refractivity contribution in [3.05, 3.63) is 12.7 Å². The highest BCUT2D eigenvalue weighted by Crippen LogP contribution is 2.20. The first-order valence-corrected chi connectivity index (χ1v) is 15.5. The topological polar surface area (TPSA) is 58.6 Å². The Morgan fingerprint density at radius 1 is 0.600 bits per heavy atom. The zero-order valence-corrected chi connectivity index (χ0v) is 22.4. The smallest absolute Gasteiger partial charge is 0.374 e. The fraction of sp³-hybridized carbons (Fsp3) is 0.905. The summed E-state index contributed by atoms with van der Waals surface area (Å²) in [6.45, 7) is 22.3. The molecule has 0 aliphatic rings. The van der Waals surface area contributed by atoms with Gasteiger partial charge in [-0.1, -0.05) is 6.08 Å². The summed E-state index contributed by atoms with van der Waals surface area (Å²) >= 11 is 0. The van der Waals surface area contributed by atoms with Gasteiger partial charge in [-0.25, -0.2) is 0 Å². The van der Waals surface area contributed by atoms with Crippen LogP contribution in [0, 0.1) is 0 Å². The Morgan fingerprint density at radius 2 is 0.900 bits per heavy atom. The Bertz CT molecular complexity index is 351. The van der Waals surface area contributed by atoms with E-state index in [9.17, 15) is 0 Å². The molecule has 0 aromatic heterocycles. The third kappa shape index (κ3) is 12.1. The lowest BCUT2D eigenvalue weighted by Crippen LogP contribution is -2.47. The predicted octanol–water partition coefficient (Wildman–Crippen LogP) is 4.35. The first-order valence-electron chi connectivity index (χ1n) is 11.7. The molecule has 0 spiro atoms. The van der Waals surface area contributed by atoms with E-state index in [0.29, 0.717) is 39.6 Å². The molecule has 7 nitrogen and oxygen atoms in total. The quantitative estimate of drug-likeness (QED) is 0.174. The fourth-order valence-corrected chi connectivity index (χ4v) is 8.71. The minimum Gasteiger partial charge on any atom is -0.374 e. The van der Waals surface area contributed by atoms with Crippen molar-refractivity contribution in [2.45, 2.75) is 66.5 Å². The molecule has 0 rings (SSSR count). The molecule has 0 bridgehead atoms. The maximum atomic E-state index is 5.97. The zero-order chi connectivity index (χ0) is 22.7. The zero-order valence-electron chi connectivity index (χ0n) is 20.4. The van der Waals surface area contributed by atoms with E-state index in [1.54, 1.807) is 0 Å². The van der Waals surface area contributed by atoms with Gasteiger partial charge in [0.2, 0.25) is 0 Å². The molecular weight excluding hydrogens is 418 g/mol. The second-order valence-electron chi connectivity index (χ2n) is 6.76.